The minimum absolute atomic E-state index is 0.00996. The molecule has 0 aliphatic carbocycles. The van der Waals surface area contributed by atoms with Gasteiger partial charge in [-0.2, -0.15) is 0 Å². The van der Waals surface area contributed by atoms with Gasteiger partial charge in [-0.15, -0.1) is 0 Å². The fourth-order valence-corrected chi connectivity index (χ4v) is 1.41. The maximum atomic E-state index is 11.5. The Morgan fingerprint density at radius 2 is 1.68 bits per heavy atom. The number of hydrogen-bond donors (Lipinski definition) is 4. The van der Waals surface area contributed by atoms with Crippen molar-refractivity contribution in [2.24, 2.45) is 5.92 Å². The molecule has 110 valence electrons. The Morgan fingerprint density at radius 3 is 2.11 bits per heavy atom. The molecule has 0 fully saturated rings. The third-order valence-electron chi connectivity index (χ3n) is 2.62. The van der Waals surface area contributed by atoms with E-state index < -0.39 is 18.0 Å². The number of carboxylic acids is 1. The van der Waals surface area contributed by atoms with Crippen LogP contribution in [0.2, 0.25) is 0 Å². The molecule has 2 atom stereocenters. The third-order valence-corrected chi connectivity index (χ3v) is 2.62. The van der Waals surface area contributed by atoms with Crippen LogP contribution in [0.15, 0.2) is 0 Å². The highest BCUT2D eigenvalue weighted by atomic mass is 16.4. The quantitative estimate of drug-likeness (QED) is 0.535. The number of urea groups is 1. The van der Waals surface area contributed by atoms with Gasteiger partial charge in [0, 0.05) is 6.04 Å². The summed E-state index contributed by atoms with van der Waals surface area (Å²) < 4.78 is 0. The second kappa shape index (κ2) is 8.34. The molecule has 7 heteroatoms. The van der Waals surface area contributed by atoms with E-state index in [-0.39, 0.29) is 24.4 Å². The molecule has 0 saturated heterocycles. The van der Waals surface area contributed by atoms with E-state index in [1.54, 1.807) is 20.8 Å². The molecule has 19 heavy (non-hydrogen) atoms. The largest absolute Gasteiger partial charge is 0.480 e. The van der Waals surface area contributed by atoms with Crippen molar-refractivity contribution in [1.82, 2.24) is 16.0 Å². The number of hydrogen-bond acceptors (Lipinski definition) is 3. The zero-order valence-electron chi connectivity index (χ0n) is 11.8. The highest BCUT2D eigenvalue weighted by Gasteiger charge is 2.25. The Balaban J connectivity index is 4.21. The number of rotatable bonds is 7. The summed E-state index contributed by atoms with van der Waals surface area (Å²) in [5, 5.41) is 16.3. The van der Waals surface area contributed by atoms with Gasteiger partial charge < -0.3 is 21.1 Å². The SMILES string of the molecule is CCC(C)C(NC(=O)NCC(=O)NC(C)C)C(=O)O. The Bertz CT molecular complexity index is 331. The fraction of sp³-hybridized carbons (Fsp3) is 0.750. The second-order valence-electron chi connectivity index (χ2n) is 4.75. The van der Waals surface area contributed by atoms with Crippen molar-refractivity contribution in [3.63, 3.8) is 0 Å². The molecule has 0 aromatic heterocycles. The topological polar surface area (TPSA) is 108 Å². The molecule has 7 nitrogen and oxygen atoms in total. The van der Waals surface area contributed by atoms with Gasteiger partial charge in [-0.25, -0.2) is 9.59 Å². The third kappa shape index (κ3) is 7.28. The van der Waals surface area contributed by atoms with Gasteiger partial charge in [0.25, 0.3) is 0 Å². The van der Waals surface area contributed by atoms with Crippen molar-refractivity contribution < 1.29 is 19.5 Å². The van der Waals surface area contributed by atoms with Crippen LogP contribution >= 0.6 is 0 Å². The first kappa shape index (κ1) is 17.2. The molecule has 0 heterocycles. The highest BCUT2D eigenvalue weighted by molar-refractivity contribution is 5.86. The van der Waals surface area contributed by atoms with E-state index in [1.165, 1.54) is 0 Å². The average Bonchev–Trinajstić information content (AvgIpc) is 2.31. The summed E-state index contributed by atoms with van der Waals surface area (Å²) in [6.45, 7) is 7.01. The Morgan fingerprint density at radius 1 is 1.11 bits per heavy atom. The van der Waals surface area contributed by atoms with Gasteiger partial charge in [0.15, 0.2) is 0 Å². The zero-order valence-corrected chi connectivity index (χ0v) is 11.8. The molecule has 0 saturated carbocycles. The van der Waals surface area contributed by atoms with Crippen molar-refractivity contribution in [3.05, 3.63) is 0 Å². The molecular formula is C12H23N3O4. The highest BCUT2D eigenvalue weighted by Crippen LogP contribution is 2.07. The molecule has 0 aromatic rings. The standard InChI is InChI=1S/C12H23N3O4/c1-5-8(4)10(11(17)18)15-12(19)13-6-9(16)14-7(2)3/h7-8,10H,5-6H2,1-4H3,(H,14,16)(H,17,18)(H2,13,15,19). The van der Waals surface area contributed by atoms with E-state index in [1.807, 2.05) is 6.92 Å². The lowest BCUT2D eigenvalue weighted by Crippen LogP contribution is -2.51. The Labute approximate surface area is 113 Å². The zero-order chi connectivity index (χ0) is 15.0. The van der Waals surface area contributed by atoms with Crippen LogP contribution < -0.4 is 16.0 Å². The van der Waals surface area contributed by atoms with Gasteiger partial charge >= 0.3 is 12.0 Å². The molecule has 3 amide bonds. The van der Waals surface area contributed by atoms with E-state index in [9.17, 15) is 14.4 Å². The summed E-state index contributed by atoms with van der Waals surface area (Å²) in [6.07, 6.45) is 0.630. The number of aliphatic carboxylic acids is 1. The number of nitrogens with one attached hydrogen (secondary N) is 3. The van der Waals surface area contributed by atoms with E-state index in [2.05, 4.69) is 16.0 Å². The van der Waals surface area contributed by atoms with E-state index >= 15 is 0 Å². The molecule has 0 rings (SSSR count). The summed E-state index contributed by atoms with van der Waals surface area (Å²) in [7, 11) is 0. The lowest BCUT2D eigenvalue weighted by Gasteiger charge is -2.20. The lowest BCUT2D eigenvalue weighted by molar-refractivity contribution is -0.140. The minimum Gasteiger partial charge on any atom is -0.480 e. The monoisotopic (exact) mass is 273 g/mol. The maximum absolute atomic E-state index is 11.5. The van der Waals surface area contributed by atoms with Gasteiger partial charge in [-0.3, -0.25) is 4.79 Å². The molecular weight excluding hydrogens is 250 g/mol. The van der Waals surface area contributed by atoms with Crippen LogP contribution in [0, 0.1) is 5.92 Å². The van der Waals surface area contributed by atoms with Crippen LogP contribution in [0.1, 0.15) is 34.1 Å². The van der Waals surface area contributed by atoms with Crippen LogP contribution in [-0.2, 0) is 9.59 Å². The van der Waals surface area contributed by atoms with Crippen LogP contribution in [0.5, 0.6) is 0 Å². The predicted molar refractivity (Wildman–Crippen MR) is 70.7 cm³/mol. The molecule has 4 N–H and O–H groups in total. The smallest absolute Gasteiger partial charge is 0.326 e. The van der Waals surface area contributed by atoms with Crippen molar-refractivity contribution in [1.29, 1.82) is 0 Å². The Kier molecular flexibility index (Phi) is 7.55. The number of amides is 3. The van der Waals surface area contributed by atoms with Gasteiger partial charge in [0.2, 0.25) is 5.91 Å². The predicted octanol–water partition coefficient (Wildman–Crippen LogP) is 0.310. The molecule has 0 spiro atoms. The molecule has 0 bridgehead atoms. The summed E-state index contributed by atoms with van der Waals surface area (Å²) in [6, 6.07) is -1.63. The first-order valence-electron chi connectivity index (χ1n) is 6.34. The molecule has 0 aromatic carbocycles. The second-order valence-corrected chi connectivity index (χ2v) is 4.75. The van der Waals surface area contributed by atoms with Crippen molar-refractivity contribution in [2.45, 2.75) is 46.2 Å². The van der Waals surface area contributed by atoms with Crippen molar-refractivity contribution in [3.8, 4) is 0 Å². The summed E-state index contributed by atoms with van der Waals surface area (Å²) >= 11 is 0. The maximum Gasteiger partial charge on any atom is 0.326 e. The lowest BCUT2D eigenvalue weighted by atomic mass is 9.99. The fourth-order valence-electron chi connectivity index (χ4n) is 1.41. The van der Waals surface area contributed by atoms with Gasteiger partial charge in [-0.1, -0.05) is 20.3 Å². The number of carboxylic acid groups (broad SMARTS) is 1. The first-order chi connectivity index (χ1) is 8.77. The molecule has 2 unspecified atom stereocenters. The Hall–Kier alpha value is -1.79. The van der Waals surface area contributed by atoms with Gasteiger partial charge in [0.1, 0.15) is 6.04 Å². The van der Waals surface area contributed by atoms with Crippen LogP contribution in [0.3, 0.4) is 0 Å². The first-order valence-corrected chi connectivity index (χ1v) is 6.34. The van der Waals surface area contributed by atoms with Crippen LogP contribution in [0.25, 0.3) is 0 Å². The van der Waals surface area contributed by atoms with Gasteiger partial charge in [-0.05, 0) is 19.8 Å². The van der Waals surface area contributed by atoms with E-state index in [0.717, 1.165) is 0 Å². The van der Waals surface area contributed by atoms with E-state index in [4.69, 9.17) is 5.11 Å². The van der Waals surface area contributed by atoms with E-state index in [0.29, 0.717) is 6.42 Å². The summed E-state index contributed by atoms with van der Waals surface area (Å²) in [4.78, 5) is 33.8. The molecule has 0 radical (unpaired) electrons. The number of carbonyl (C=O) groups excluding carboxylic acids is 2. The number of carbonyl (C=O) groups is 3. The van der Waals surface area contributed by atoms with Crippen molar-refractivity contribution in [2.75, 3.05) is 6.54 Å². The summed E-state index contributed by atoms with van der Waals surface area (Å²) in [5.41, 5.74) is 0. The van der Waals surface area contributed by atoms with Gasteiger partial charge in [0.05, 0.1) is 6.54 Å². The molecule has 0 aliphatic rings. The van der Waals surface area contributed by atoms with Crippen molar-refractivity contribution >= 4 is 17.9 Å². The summed E-state index contributed by atoms with van der Waals surface area (Å²) in [5.74, 6) is -1.59. The van der Waals surface area contributed by atoms with Crippen LogP contribution in [-0.4, -0.2) is 41.6 Å². The average molecular weight is 273 g/mol. The van der Waals surface area contributed by atoms with Crippen LogP contribution in [0.4, 0.5) is 4.79 Å². The molecule has 0 aliphatic heterocycles. The normalized spacial score (nSPS) is 13.5. The minimum atomic E-state index is -1.09.